The zero-order valence-electron chi connectivity index (χ0n) is 11.0. The van der Waals surface area contributed by atoms with Crippen molar-refractivity contribution in [2.75, 3.05) is 19.7 Å². The molecular weight excluding hydrogens is 242 g/mol. The molecule has 2 nitrogen and oxygen atoms in total. The molecule has 98 valence electrons. The van der Waals surface area contributed by atoms with E-state index in [0.717, 1.165) is 18.0 Å². The Kier molecular flexibility index (Phi) is 5.25. The van der Waals surface area contributed by atoms with Crippen LogP contribution in [0.3, 0.4) is 0 Å². The highest BCUT2D eigenvalue weighted by molar-refractivity contribution is 7.10. The molecule has 0 amide bonds. The summed E-state index contributed by atoms with van der Waals surface area (Å²) >= 11 is 1.80. The van der Waals surface area contributed by atoms with Crippen LogP contribution in [-0.2, 0) is 6.54 Å². The monoisotopic (exact) mass is 263 g/mol. The molecule has 0 aromatic carbocycles. The van der Waals surface area contributed by atoms with Gasteiger partial charge < -0.3 is 5.11 Å². The molecule has 1 aliphatic heterocycles. The highest BCUT2D eigenvalue weighted by Crippen LogP contribution is 2.21. The second-order valence-corrected chi connectivity index (χ2v) is 6.03. The molecule has 0 unspecified atom stereocenters. The molecule has 2 rings (SSSR count). The Labute approximate surface area is 114 Å². The Morgan fingerprint density at radius 1 is 1.44 bits per heavy atom. The summed E-state index contributed by atoms with van der Waals surface area (Å²) in [7, 11) is 0. The van der Waals surface area contributed by atoms with Crippen LogP contribution in [0.25, 0.3) is 0 Å². The first-order valence-electron chi connectivity index (χ1n) is 6.67. The number of thiophene rings is 1. The zero-order valence-corrected chi connectivity index (χ0v) is 11.8. The van der Waals surface area contributed by atoms with Crippen molar-refractivity contribution in [2.24, 2.45) is 5.92 Å². The second-order valence-electron chi connectivity index (χ2n) is 5.04. The van der Waals surface area contributed by atoms with Crippen molar-refractivity contribution >= 4 is 11.3 Å². The van der Waals surface area contributed by atoms with E-state index in [0.29, 0.717) is 6.42 Å². The van der Waals surface area contributed by atoms with Gasteiger partial charge in [-0.3, -0.25) is 4.90 Å². The van der Waals surface area contributed by atoms with Gasteiger partial charge in [0.05, 0.1) is 6.61 Å². The molecule has 0 saturated carbocycles. The Hall–Kier alpha value is -0.820. The van der Waals surface area contributed by atoms with Gasteiger partial charge in [-0.25, -0.2) is 0 Å². The van der Waals surface area contributed by atoms with Crippen molar-refractivity contribution in [3.05, 3.63) is 21.9 Å². The predicted octanol–water partition coefficient (Wildman–Crippen LogP) is 2.71. The smallest absolute Gasteiger partial charge is 0.0540 e. The lowest BCUT2D eigenvalue weighted by molar-refractivity contribution is 0.186. The predicted molar refractivity (Wildman–Crippen MR) is 76.6 cm³/mol. The molecule has 1 aromatic heterocycles. The van der Waals surface area contributed by atoms with E-state index < -0.39 is 0 Å². The fourth-order valence-electron chi connectivity index (χ4n) is 2.19. The summed E-state index contributed by atoms with van der Waals surface area (Å²) in [5.41, 5.74) is 1.09. The summed E-state index contributed by atoms with van der Waals surface area (Å²) < 4.78 is 0. The van der Waals surface area contributed by atoms with Crippen molar-refractivity contribution < 1.29 is 5.11 Å². The first-order valence-corrected chi connectivity index (χ1v) is 7.55. The minimum Gasteiger partial charge on any atom is -0.395 e. The molecule has 1 aromatic rings. The van der Waals surface area contributed by atoms with Crippen LogP contribution in [0.15, 0.2) is 11.4 Å². The maximum atomic E-state index is 8.68. The van der Waals surface area contributed by atoms with Gasteiger partial charge in [0.25, 0.3) is 0 Å². The third kappa shape index (κ3) is 4.13. The summed E-state index contributed by atoms with van der Waals surface area (Å²) in [6, 6.07) is 2.19. The minimum atomic E-state index is 0.149. The fraction of sp³-hybridized carbons (Fsp3) is 0.600. The third-order valence-corrected chi connectivity index (χ3v) is 4.30. The van der Waals surface area contributed by atoms with Crippen LogP contribution < -0.4 is 0 Å². The van der Waals surface area contributed by atoms with Gasteiger partial charge in [0, 0.05) is 28.8 Å². The highest BCUT2D eigenvalue weighted by atomic mass is 32.1. The van der Waals surface area contributed by atoms with Gasteiger partial charge in [0.1, 0.15) is 0 Å². The standard InChI is InChI=1S/C15H21NOS/c1-13-5-7-16(8-6-13)11-15-10-14(12-18-15)4-2-3-9-17/h10,12-13,17H,3,5-9,11H2,1H3. The van der Waals surface area contributed by atoms with E-state index in [1.165, 1.54) is 30.8 Å². The van der Waals surface area contributed by atoms with Crippen molar-refractivity contribution in [1.82, 2.24) is 4.90 Å². The van der Waals surface area contributed by atoms with Gasteiger partial charge >= 0.3 is 0 Å². The molecule has 0 aliphatic carbocycles. The van der Waals surface area contributed by atoms with E-state index in [9.17, 15) is 0 Å². The average molecular weight is 263 g/mol. The molecule has 18 heavy (non-hydrogen) atoms. The number of hydrogen-bond donors (Lipinski definition) is 1. The summed E-state index contributed by atoms with van der Waals surface area (Å²) in [6.45, 7) is 6.02. The van der Waals surface area contributed by atoms with Gasteiger partial charge in [-0.05, 0) is 37.9 Å². The summed E-state index contributed by atoms with van der Waals surface area (Å²) in [5.74, 6) is 6.95. The Bertz CT molecular complexity index is 421. The van der Waals surface area contributed by atoms with E-state index >= 15 is 0 Å². The van der Waals surface area contributed by atoms with Gasteiger partial charge in [-0.15, -0.1) is 11.3 Å². The fourth-order valence-corrected chi connectivity index (χ4v) is 3.05. The average Bonchev–Trinajstić information content (AvgIpc) is 2.80. The normalized spacial score (nSPS) is 17.4. The minimum absolute atomic E-state index is 0.149. The quantitative estimate of drug-likeness (QED) is 0.848. The summed E-state index contributed by atoms with van der Waals surface area (Å²) in [6.07, 6.45) is 3.22. The lowest BCUT2D eigenvalue weighted by Gasteiger charge is -2.29. The zero-order chi connectivity index (χ0) is 12.8. The van der Waals surface area contributed by atoms with E-state index in [4.69, 9.17) is 5.11 Å². The maximum Gasteiger partial charge on any atom is 0.0540 e. The lowest BCUT2D eigenvalue weighted by atomic mass is 9.99. The van der Waals surface area contributed by atoms with Crippen LogP contribution in [0.2, 0.25) is 0 Å². The van der Waals surface area contributed by atoms with Gasteiger partial charge in [-0.2, -0.15) is 0 Å². The van der Waals surface area contributed by atoms with Crippen LogP contribution in [0.4, 0.5) is 0 Å². The largest absolute Gasteiger partial charge is 0.395 e. The molecule has 1 fully saturated rings. The van der Waals surface area contributed by atoms with Crippen LogP contribution in [0.1, 0.15) is 36.6 Å². The highest BCUT2D eigenvalue weighted by Gasteiger charge is 2.16. The molecule has 0 atom stereocenters. The molecule has 1 N–H and O–H groups in total. The van der Waals surface area contributed by atoms with Crippen LogP contribution in [0, 0.1) is 17.8 Å². The van der Waals surface area contributed by atoms with Gasteiger partial charge in [0.2, 0.25) is 0 Å². The van der Waals surface area contributed by atoms with Crippen molar-refractivity contribution in [2.45, 2.75) is 32.7 Å². The van der Waals surface area contributed by atoms with E-state index in [-0.39, 0.29) is 6.61 Å². The molecule has 3 heteroatoms. The number of nitrogens with zero attached hydrogens (tertiary/aromatic N) is 1. The van der Waals surface area contributed by atoms with Crippen LogP contribution in [0.5, 0.6) is 0 Å². The molecule has 0 spiro atoms. The summed E-state index contributed by atoms with van der Waals surface area (Å²) in [5, 5.41) is 10.8. The van der Waals surface area contributed by atoms with Crippen molar-refractivity contribution in [1.29, 1.82) is 0 Å². The maximum absolute atomic E-state index is 8.68. The van der Waals surface area contributed by atoms with Crippen LogP contribution in [-0.4, -0.2) is 29.7 Å². The summed E-state index contributed by atoms with van der Waals surface area (Å²) in [4.78, 5) is 3.94. The molecule has 1 aliphatic rings. The van der Waals surface area contributed by atoms with Gasteiger partial charge in [-0.1, -0.05) is 18.8 Å². The molecule has 1 saturated heterocycles. The SMILES string of the molecule is CC1CCN(Cc2cc(C#CCCO)cs2)CC1. The van der Waals surface area contributed by atoms with E-state index in [1.807, 2.05) is 0 Å². The Morgan fingerprint density at radius 2 is 2.22 bits per heavy atom. The first kappa shape index (κ1) is 13.6. The molecule has 0 radical (unpaired) electrons. The Morgan fingerprint density at radius 3 is 2.94 bits per heavy atom. The van der Waals surface area contributed by atoms with E-state index in [2.05, 4.69) is 35.1 Å². The topological polar surface area (TPSA) is 23.5 Å². The Balaban J connectivity index is 1.85. The number of rotatable bonds is 3. The number of aliphatic hydroxyl groups is 1. The van der Waals surface area contributed by atoms with Crippen molar-refractivity contribution in [3.63, 3.8) is 0 Å². The molecule has 2 heterocycles. The van der Waals surface area contributed by atoms with E-state index in [1.54, 1.807) is 11.3 Å². The number of likely N-dealkylation sites (tertiary alicyclic amines) is 1. The number of hydrogen-bond acceptors (Lipinski definition) is 3. The number of piperidine rings is 1. The molecule has 0 bridgehead atoms. The molecular formula is C15H21NOS. The van der Waals surface area contributed by atoms with Gasteiger partial charge in [0.15, 0.2) is 0 Å². The third-order valence-electron chi connectivity index (χ3n) is 3.38. The van der Waals surface area contributed by atoms with Crippen LogP contribution >= 0.6 is 11.3 Å². The number of aliphatic hydroxyl groups excluding tert-OH is 1. The van der Waals surface area contributed by atoms with Crippen molar-refractivity contribution in [3.8, 4) is 11.8 Å². The lowest BCUT2D eigenvalue weighted by Crippen LogP contribution is -2.32. The second kappa shape index (κ2) is 6.94. The first-order chi connectivity index (χ1) is 8.78.